The number of hydroxylamine groups is 2. The van der Waals surface area contributed by atoms with Crippen molar-refractivity contribution in [3.8, 4) is 6.07 Å². The summed E-state index contributed by atoms with van der Waals surface area (Å²) in [5.41, 5.74) is 1.08. The Hall–Kier alpha value is -3.38. The number of fused-ring (bicyclic) bond motifs is 1. The lowest BCUT2D eigenvalue weighted by atomic mass is 9.81. The van der Waals surface area contributed by atoms with Crippen molar-refractivity contribution in [3.05, 3.63) is 65.1 Å². The van der Waals surface area contributed by atoms with Crippen molar-refractivity contribution in [2.75, 3.05) is 6.61 Å². The standard InChI is InChI=1S/C25H23F3N4O2/c26-19-9-18(10-20(27)11-19)24-5-6-34-32(24)25(33)17-3-1-15(2-4-17)13-31-14-21-22(28)7-16(12-29)8-23(21)30-31/h7-11,14-15,17,24H,1-6,13H2/t15-,17-,24-/m0/s1. The highest BCUT2D eigenvalue weighted by Gasteiger charge is 2.37. The van der Waals surface area contributed by atoms with Crippen LogP contribution in [0, 0.1) is 40.6 Å². The maximum atomic E-state index is 14.2. The summed E-state index contributed by atoms with van der Waals surface area (Å²) in [6.45, 7) is 0.920. The lowest BCUT2D eigenvalue weighted by molar-refractivity contribution is -0.183. The molecule has 1 atom stereocenters. The highest BCUT2D eigenvalue weighted by Crippen LogP contribution is 2.37. The average molecular weight is 468 g/mol. The Labute approximate surface area is 194 Å². The first-order valence-electron chi connectivity index (χ1n) is 11.4. The fourth-order valence-corrected chi connectivity index (χ4v) is 5.08. The normalized spacial score (nSPS) is 22.8. The van der Waals surface area contributed by atoms with Gasteiger partial charge in [-0.25, -0.2) is 18.2 Å². The van der Waals surface area contributed by atoms with Crippen molar-refractivity contribution in [2.24, 2.45) is 11.8 Å². The summed E-state index contributed by atoms with van der Waals surface area (Å²) in [7, 11) is 0. The van der Waals surface area contributed by atoms with E-state index in [1.54, 1.807) is 16.9 Å². The molecule has 3 aromatic rings. The monoisotopic (exact) mass is 468 g/mol. The van der Waals surface area contributed by atoms with E-state index in [4.69, 9.17) is 10.1 Å². The second-order valence-electron chi connectivity index (χ2n) is 9.08. The fourth-order valence-electron chi connectivity index (χ4n) is 5.08. The largest absolute Gasteiger partial charge is 0.272 e. The Kier molecular flexibility index (Phi) is 6.00. The molecule has 1 aliphatic carbocycles. The zero-order chi connectivity index (χ0) is 23.8. The van der Waals surface area contributed by atoms with Gasteiger partial charge in [-0.3, -0.25) is 14.3 Å². The van der Waals surface area contributed by atoms with Gasteiger partial charge in [0.2, 0.25) is 5.91 Å². The number of nitriles is 1. The number of carbonyl (C=O) groups excluding carboxylic acids is 1. The SMILES string of the molecule is N#Cc1cc(F)c2cn(C[C@H]3CC[C@H](C(=O)N4OCC[C@H]4c4cc(F)cc(F)c4)CC3)nc2c1. The highest BCUT2D eigenvalue weighted by atomic mass is 19.1. The molecule has 1 aromatic heterocycles. The van der Waals surface area contributed by atoms with Gasteiger partial charge in [-0.2, -0.15) is 10.4 Å². The Morgan fingerprint density at radius 2 is 1.79 bits per heavy atom. The molecule has 9 heteroatoms. The molecule has 1 amide bonds. The van der Waals surface area contributed by atoms with Crippen molar-refractivity contribution >= 4 is 16.8 Å². The quantitative estimate of drug-likeness (QED) is 0.538. The molecule has 2 fully saturated rings. The number of aromatic nitrogens is 2. The molecule has 176 valence electrons. The molecule has 1 saturated heterocycles. The Morgan fingerprint density at radius 1 is 1.06 bits per heavy atom. The third-order valence-electron chi connectivity index (χ3n) is 6.78. The van der Waals surface area contributed by atoms with Crippen LogP contribution in [0.2, 0.25) is 0 Å². The first-order valence-corrected chi connectivity index (χ1v) is 11.4. The molecule has 1 saturated carbocycles. The summed E-state index contributed by atoms with van der Waals surface area (Å²) in [6, 6.07) is 7.52. The number of hydrogen-bond donors (Lipinski definition) is 0. The van der Waals surface area contributed by atoms with Gasteiger partial charge in [-0.1, -0.05) is 0 Å². The summed E-state index contributed by atoms with van der Waals surface area (Å²) in [6.07, 6.45) is 5.07. The van der Waals surface area contributed by atoms with Crippen molar-refractivity contribution in [1.29, 1.82) is 5.26 Å². The van der Waals surface area contributed by atoms with Gasteiger partial charge in [0.1, 0.15) is 17.5 Å². The molecule has 0 N–H and O–H groups in total. The van der Waals surface area contributed by atoms with Crippen LogP contribution in [-0.4, -0.2) is 27.4 Å². The summed E-state index contributed by atoms with van der Waals surface area (Å²) >= 11 is 0. The maximum Gasteiger partial charge on any atom is 0.249 e. The highest BCUT2D eigenvalue weighted by molar-refractivity contribution is 5.80. The molecule has 34 heavy (non-hydrogen) atoms. The van der Waals surface area contributed by atoms with Crippen molar-refractivity contribution in [1.82, 2.24) is 14.8 Å². The van der Waals surface area contributed by atoms with Crippen LogP contribution in [0.3, 0.4) is 0 Å². The lowest BCUT2D eigenvalue weighted by Crippen LogP contribution is -2.37. The van der Waals surface area contributed by atoms with Crippen LogP contribution in [0.1, 0.15) is 49.3 Å². The number of rotatable bonds is 4. The first-order chi connectivity index (χ1) is 16.4. The van der Waals surface area contributed by atoms with Gasteiger partial charge < -0.3 is 0 Å². The predicted molar refractivity (Wildman–Crippen MR) is 116 cm³/mol. The summed E-state index contributed by atoms with van der Waals surface area (Å²) in [4.78, 5) is 18.7. The molecular formula is C25H23F3N4O2. The molecule has 2 aliphatic rings. The van der Waals surface area contributed by atoms with E-state index in [9.17, 15) is 18.0 Å². The average Bonchev–Trinajstić information content (AvgIpc) is 3.46. The number of halogens is 3. The number of nitrogens with zero attached hydrogens (tertiary/aromatic N) is 4. The number of amides is 1. The number of carbonyl (C=O) groups is 1. The fraction of sp³-hybridized carbons (Fsp3) is 0.400. The second kappa shape index (κ2) is 9.11. The van der Waals surface area contributed by atoms with E-state index >= 15 is 0 Å². The van der Waals surface area contributed by atoms with Crippen LogP contribution in [0.4, 0.5) is 13.2 Å². The molecule has 0 spiro atoms. The number of hydrogen-bond acceptors (Lipinski definition) is 4. The van der Waals surface area contributed by atoms with E-state index in [1.165, 1.54) is 23.3 Å². The van der Waals surface area contributed by atoms with Crippen LogP contribution in [0.25, 0.3) is 10.9 Å². The maximum absolute atomic E-state index is 14.2. The van der Waals surface area contributed by atoms with Gasteiger partial charge in [-0.15, -0.1) is 0 Å². The van der Waals surface area contributed by atoms with Crippen LogP contribution in [0.15, 0.2) is 36.5 Å². The third kappa shape index (κ3) is 4.38. The molecule has 0 radical (unpaired) electrons. The van der Waals surface area contributed by atoms with Gasteiger partial charge in [0.15, 0.2) is 0 Å². The number of benzene rings is 2. The van der Waals surface area contributed by atoms with Crippen molar-refractivity contribution < 1.29 is 22.8 Å². The molecular weight excluding hydrogens is 445 g/mol. The van der Waals surface area contributed by atoms with Crippen LogP contribution in [0.5, 0.6) is 0 Å². The Morgan fingerprint density at radius 3 is 2.50 bits per heavy atom. The smallest absolute Gasteiger partial charge is 0.249 e. The zero-order valence-electron chi connectivity index (χ0n) is 18.4. The topological polar surface area (TPSA) is 71.2 Å². The van der Waals surface area contributed by atoms with E-state index < -0.39 is 23.5 Å². The van der Waals surface area contributed by atoms with Gasteiger partial charge in [0.05, 0.1) is 35.2 Å². The second-order valence-corrected chi connectivity index (χ2v) is 9.08. The zero-order valence-corrected chi connectivity index (χ0v) is 18.4. The summed E-state index contributed by atoms with van der Waals surface area (Å²) in [5, 5.41) is 15.1. The molecule has 1 aliphatic heterocycles. The van der Waals surface area contributed by atoms with Gasteiger partial charge in [0.25, 0.3) is 0 Å². The molecule has 2 aromatic carbocycles. The predicted octanol–water partition coefficient (Wildman–Crippen LogP) is 5.04. The first kappa shape index (κ1) is 22.4. The van der Waals surface area contributed by atoms with Crippen LogP contribution >= 0.6 is 0 Å². The molecule has 2 heterocycles. The van der Waals surface area contributed by atoms with E-state index in [0.29, 0.717) is 48.9 Å². The van der Waals surface area contributed by atoms with E-state index in [1.807, 2.05) is 6.07 Å². The van der Waals surface area contributed by atoms with Gasteiger partial charge in [-0.05, 0) is 61.4 Å². The Balaban J connectivity index is 1.22. The lowest BCUT2D eigenvalue weighted by Gasteiger charge is -2.32. The molecule has 0 bridgehead atoms. The minimum absolute atomic E-state index is 0.151. The van der Waals surface area contributed by atoms with E-state index in [-0.39, 0.29) is 23.3 Å². The van der Waals surface area contributed by atoms with E-state index in [2.05, 4.69) is 5.10 Å². The van der Waals surface area contributed by atoms with Crippen LogP contribution in [-0.2, 0) is 16.2 Å². The minimum atomic E-state index is -0.676. The minimum Gasteiger partial charge on any atom is -0.272 e. The van der Waals surface area contributed by atoms with Crippen molar-refractivity contribution in [3.63, 3.8) is 0 Å². The Bertz CT molecular complexity index is 1260. The van der Waals surface area contributed by atoms with E-state index in [0.717, 1.165) is 18.9 Å². The van der Waals surface area contributed by atoms with Gasteiger partial charge >= 0.3 is 0 Å². The van der Waals surface area contributed by atoms with Crippen molar-refractivity contribution in [2.45, 2.75) is 44.7 Å². The third-order valence-corrected chi connectivity index (χ3v) is 6.78. The molecule has 5 rings (SSSR count). The summed E-state index contributed by atoms with van der Waals surface area (Å²) < 4.78 is 43.3. The molecule has 0 unspecified atom stereocenters. The summed E-state index contributed by atoms with van der Waals surface area (Å²) in [5.74, 6) is -1.91. The van der Waals surface area contributed by atoms with Gasteiger partial charge in [0, 0.05) is 31.1 Å². The molecule has 6 nitrogen and oxygen atoms in total. The van der Waals surface area contributed by atoms with Crippen LogP contribution < -0.4 is 0 Å².